The molecule has 5 nitrogen and oxygen atoms in total. The largest absolute Gasteiger partial charge is 0.493 e. The lowest BCUT2D eigenvalue weighted by molar-refractivity contribution is -0.131. The molecule has 0 saturated heterocycles. The molecular formula is C32H39F2IN2O3. The second-order valence-corrected chi connectivity index (χ2v) is 12.2. The van der Waals surface area contributed by atoms with Crippen LogP contribution >= 0.6 is 22.6 Å². The second kappa shape index (κ2) is 14.9. The lowest BCUT2D eigenvalue weighted by Gasteiger charge is -2.30. The highest BCUT2D eigenvalue weighted by atomic mass is 127. The van der Waals surface area contributed by atoms with Crippen molar-refractivity contribution < 1.29 is 23.4 Å². The van der Waals surface area contributed by atoms with Crippen LogP contribution in [0.4, 0.5) is 8.78 Å². The van der Waals surface area contributed by atoms with Crippen LogP contribution in [0.25, 0.3) is 0 Å². The SMILES string of the molecule is Cc1ccc(C)c(OCCCC(C)(C)C(=O)N[C@@H](Cc2cc(F)cc(F)c2)[C@@H](O)CNCc2cccc(I)c2)c1. The average molecular weight is 665 g/mol. The highest BCUT2D eigenvalue weighted by molar-refractivity contribution is 14.1. The van der Waals surface area contributed by atoms with Gasteiger partial charge in [0.15, 0.2) is 0 Å². The van der Waals surface area contributed by atoms with Gasteiger partial charge in [-0.3, -0.25) is 4.79 Å². The summed E-state index contributed by atoms with van der Waals surface area (Å²) >= 11 is 2.24. The predicted molar refractivity (Wildman–Crippen MR) is 163 cm³/mol. The third-order valence-corrected chi connectivity index (χ3v) is 7.56. The first-order chi connectivity index (χ1) is 18.9. The van der Waals surface area contributed by atoms with Crippen LogP contribution in [0, 0.1) is 34.5 Å². The van der Waals surface area contributed by atoms with Crippen molar-refractivity contribution in [3.63, 3.8) is 0 Å². The molecule has 0 aliphatic carbocycles. The Balaban J connectivity index is 1.62. The van der Waals surface area contributed by atoms with Gasteiger partial charge in [-0.25, -0.2) is 8.78 Å². The van der Waals surface area contributed by atoms with Crippen LogP contribution in [0.3, 0.4) is 0 Å². The number of carbonyl (C=O) groups is 1. The lowest BCUT2D eigenvalue weighted by atomic mass is 9.86. The Bertz CT molecular complexity index is 1260. The van der Waals surface area contributed by atoms with Crippen molar-refractivity contribution in [3.05, 3.63) is 98.1 Å². The molecule has 3 rings (SSSR count). The van der Waals surface area contributed by atoms with E-state index in [4.69, 9.17) is 4.74 Å². The van der Waals surface area contributed by atoms with Gasteiger partial charge in [-0.05, 0) is 108 Å². The summed E-state index contributed by atoms with van der Waals surface area (Å²) in [6.45, 7) is 8.91. The molecule has 216 valence electrons. The van der Waals surface area contributed by atoms with Crippen LogP contribution < -0.4 is 15.4 Å². The molecule has 3 aromatic carbocycles. The van der Waals surface area contributed by atoms with E-state index >= 15 is 0 Å². The number of nitrogens with one attached hydrogen (secondary N) is 2. The maximum atomic E-state index is 13.9. The van der Waals surface area contributed by atoms with E-state index in [-0.39, 0.29) is 18.9 Å². The molecular weight excluding hydrogens is 625 g/mol. The molecule has 0 aromatic heterocycles. The Kier molecular flexibility index (Phi) is 11.9. The van der Waals surface area contributed by atoms with Gasteiger partial charge in [0.2, 0.25) is 5.91 Å². The Morgan fingerprint density at radius 2 is 1.75 bits per heavy atom. The zero-order chi connectivity index (χ0) is 29.3. The minimum absolute atomic E-state index is 0.0817. The topological polar surface area (TPSA) is 70.6 Å². The van der Waals surface area contributed by atoms with Gasteiger partial charge in [-0.15, -0.1) is 0 Å². The van der Waals surface area contributed by atoms with Crippen molar-refractivity contribution >= 4 is 28.5 Å². The fourth-order valence-corrected chi connectivity index (χ4v) is 5.06. The number of carbonyl (C=O) groups excluding carboxylic acids is 1. The fourth-order valence-electron chi connectivity index (χ4n) is 4.46. The van der Waals surface area contributed by atoms with Crippen molar-refractivity contribution in [2.24, 2.45) is 5.41 Å². The summed E-state index contributed by atoms with van der Waals surface area (Å²) in [5, 5.41) is 17.2. The number of aryl methyl sites for hydroxylation is 2. The molecule has 0 saturated carbocycles. The second-order valence-electron chi connectivity index (χ2n) is 11.0. The number of benzene rings is 3. The maximum Gasteiger partial charge on any atom is 0.225 e. The number of amides is 1. The van der Waals surface area contributed by atoms with Crippen molar-refractivity contribution in [2.45, 2.75) is 65.6 Å². The van der Waals surface area contributed by atoms with E-state index in [0.29, 0.717) is 31.6 Å². The van der Waals surface area contributed by atoms with E-state index in [9.17, 15) is 18.7 Å². The Hall–Kier alpha value is -2.56. The molecule has 0 radical (unpaired) electrons. The number of ether oxygens (including phenoxy) is 1. The first kappa shape index (κ1) is 32.0. The molecule has 40 heavy (non-hydrogen) atoms. The summed E-state index contributed by atoms with van der Waals surface area (Å²) < 4.78 is 34.8. The number of hydrogen-bond acceptors (Lipinski definition) is 4. The monoisotopic (exact) mass is 664 g/mol. The lowest BCUT2D eigenvalue weighted by Crippen LogP contribution is -2.52. The molecule has 0 fully saturated rings. The standard InChI is InChI=1S/C32H39F2IN2O3/c1-21-9-10-22(2)30(13-21)40-12-6-11-32(3,4)31(39)37-28(17-24-14-25(33)18-26(34)15-24)29(38)20-36-19-23-7-5-8-27(35)16-23/h5,7-10,13-16,18,28-29,36,38H,6,11-12,17,19-20H2,1-4H3,(H,37,39)/t28-,29-/m0/s1. The first-order valence-electron chi connectivity index (χ1n) is 13.5. The Morgan fingerprint density at radius 1 is 1.02 bits per heavy atom. The van der Waals surface area contributed by atoms with Gasteiger partial charge in [0, 0.05) is 28.1 Å². The van der Waals surface area contributed by atoms with E-state index in [1.807, 2.05) is 70.2 Å². The first-order valence-corrected chi connectivity index (χ1v) is 14.6. The highest BCUT2D eigenvalue weighted by Gasteiger charge is 2.31. The number of rotatable bonds is 14. The summed E-state index contributed by atoms with van der Waals surface area (Å²) in [6.07, 6.45) is 0.319. The predicted octanol–water partition coefficient (Wildman–Crippen LogP) is 6.25. The van der Waals surface area contributed by atoms with Gasteiger partial charge in [0.05, 0.1) is 18.8 Å². The normalized spacial score (nSPS) is 13.1. The van der Waals surface area contributed by atoms with Crippen molar-refractivity contribution in [2.75, 3.05) is 13.2 Å². The van der Waals surface area contributed by atoms with E-state index in [1.165, 1.54) is 12.1 Å². The van der Waals surface area contributed by atoms with Gasteiger partial charge in [-0.2, -0.15) is 0 Å². The zero-order valence-electron chi connectivity index (χ0n) is 23.6. The van der Waals surface area contributed by atoms with Crippen LogP contribution in [-0.4, -0.2) is 36.3 Å². The molecule has 0 spiro atoms. The summed E-state index contributed by atoms with van der Waals surface area (Å²) in [7, 11) is 0. The third kappa shape index (κ3) is 10.1. The smallest absolute Gasteiger partial charge is 0.225 e. The van der Waals surface area contributed by atoms with Crippen molar-refractivity contribution in [1.29, 1.82) is 0 Å². The fraction of sp³-hybridized carbons (Fsp3) is 0.406. The summed E-state index contributed by atoms with van der Waals surface area (Å²) in [5.41, 5.74) is 2.86. The molecule has 8 heteroatoms. The average Bonchev–Trinajstić information content (AvgIpc) is 2.87. The molecule has 3 aromatic rings. The number of aliphatic hydroxyl groups is 1. The number of hydrogen-bond donors (Lipinski definition) is 3. The third-order valence-electron chi connectivity index (χ3n) is 6.89. The van der Waals surface area contributed by atoms with E-state index in [0.717, 1.165) is 32.1 Å². The Labute approximate surface area is 249 Å². The highest BCUT2D eigenvalue weighted by Crippen LogP contribution is 2.25. The minimum atomic E-state index is -0.985. The molecule has 0 bridgehead atoms. The van der Waals surface area contributed by atoms with E-state index in [1.54, 1.807) is 0 Å². The molecule has 3 N–H and O–H groups in total. The quantitative estimate of drug-likeness (QED) is 0.141. The number of halogens is 3. The zero-order valence-corrected chi connectivity index (χ0v) is 25.7. The van der Waals surface area contributed by atoms with Gasteiger partial charge in [-0.1, -0.05) is 38.1 Å². The van der Waals surface area contributed by atoms with Crippen molar-refractivity contribution in [1.82, 2.24) is 10.6 Å². The molecule has 2 atom stereocenters. The minimum Gasteiger partial charge on any atom is -0.493 e. The summed E-state index contributed by atoms with van der Waals surface area (Å²) in [4.78, 5) is 13.4. The number of aliphatic hydroxyl groups excluding tert-OH is 1. The molecule has 0 aliphatic heterocycles. The molecule has 0 aliphatic rings. The van der Waals surface area contributed by atoms with Crippen LogP contribution in [0.2, 0.25) is 0 Å². The van der Waals surface area contributed by atoms with Crippen molar-refractivity contribution in [3.8, 4) is 5.75 Å². The summed E-state index contributed by atoms with van der Waals surface area (Å²) in [5.74, 6) is -0.797. The van der Waals surface area contributed by atoms with Crippen LogP contribution in [-0.2, 0) is 17.8 Å². The summed E-state index contributed by atoms with van der Waals surface area (Å²) in [6, 6.07) is 16.6. The van der Waals surface area contributed by atoms with Crippen LogP contribution in [0.1, 0.15) is 48.9 Å². The van der Waals surface area contributed by atoms with Gasteiger partial charge < -0.3 is 20.5 Å². The van der Waals surface area contributed by atoms with Gasteiger partial charge in [0.25, 0.3) is 0 Å². The molecule has 1 amide bonds. The van der Waals surface area contributed by atoms with Crippen LogP contribution in [0.15, 0.2) is 60.7 Å². The van der Waals surface area contributed by atoms with Gasteiger partial charge >= 0.3 is 0 Å². The van der Waals surface area contributed by atoms with Gasteiger partial charge in [0.1, 0.15) is 17.4 Å². The van der Waals surface area contributed by atoms with E-state index < -0.39 is 29.2 Å². The molecule has 0 heterocycles. The van der Waals surface area contributed by atoms with Crippen LogP contribution in [0.5, 0.6) is 5.75 Å². The van der Waals surface area contributed by atoms with E-state index in [2.05, 4.69) is 33.2 Å². The maximum absolute atomic E-state index is 13.9. The molecule has 0 unspecified atom stereocenters. The Morgan fingerprint density at radius 3 is 2.45 bits per heavy atom.